The second-order valence-electron chi connectivity index (χ2n) is 3.83. The van der Waals surface area contributed by atoms with Crippen molar-refractivity contribution in [1.82, 2.24) is 5.48 Å². The maximum atomic E-state index is 13.2. The maximum absolute atomic E-state index is 13.2. The lowest BCUT2D eigenvalue weighted by Crippen LogP contribution is -2.23. The van der Waals surface area contributed by atoms with Gasteiger partial charge in [-0.2, -0.15) is 0 Å². The van der Waals surface area contributed by atoms with Gasteiger partial charge in [-0.05, 0) is 23.8 Å². The molecular formula is C14H11ClFNO2. The molecule has 98 valence electrons. The highest BCUT2D eigenvalue weighted by Crippen LogP contribution is 2.15. The van der Waals surface area contributed by atoms with Crippen molar-refractivity contribution in [3.05, 3.63) is 70.5 Å². The zero-order chi connectivity index (χ0) is 13.7. The molecule has 0 aliphatic carbocycles. The first-order valence-electron chi connectivity index (χ1n) is 5.58. The zero-order valence-electron chi connectivity index (χ0n) is 9.90. The number of benzene rings is 2. The maximum Gasteiger partial charge on any atom is 0.274 e. The van der Waals surface area contributed by atoms with Crippen LogP contribution >= 0.6 is 11.6 Å². The van der Waals surface area contributed by atoms with E-state index in [2.05, 4.69) is 5.48 Å². The lowest BCUT2D eigenvalue weighted by Gasteiger charge is -2.06. The van der Waals surface area contributed by atoms with Crippen LogP contribution in [0.5, 0.6) is 0 Å². The summed E-state index contributed by atoms with van der Waals surface area (Å²) < 4.78 is 13.2. The van der Waals surface area contributed by atoms with E-state index in [1.807, 2.05) is 30.3 Å². The quantitative estimate of drug-likeness (QED) is 0.872. The molecule has 0 spiro atoms. The van der Waals surface area contributed by atoms with E-state index in [0.717, 1.165) is 11.6 Å². The van der Waals surface area contributed by atoms with Crippen LogP contribution in [0.15, 0.2) is 48.5 Å². The van der Waals surface area contributed by atoms with Crippen molar-refractivity contribution >= 4 is 17.5 Å². The van der Waals surface area contributed by atoms with Gasteiger partial charge in [0.1, 0.15) is 5.82 Å². The summed E-state index contributed by atoms with van der Waals surface area (Å²) in [7, 11) is 0. The third-order valence-corrected chi connectivity index (χ3v) is 2.73. The topological polar surface area (TPSA) is 38.3 Å². The van der Waals surface area contributed by atoms with Gasteiger partial charge in [-0.3, -0.25) is 9.63 Å². The van der Waals surface area contributed by atoms with Crippen molar-refractivity contribution < 1.29 is 14.0 Å². The van der Waals surface area contributed by atoms with Crippen molar-refractivity contribution in [2.45, 2.75) is 6.61 Å². The molecule has 0 radical (unpaired) electrons. The molecule has 2 aromatic carbocycles. The number of hydrogen-bond acceptors (Lipinski definition) is 2. The average Bonchev–Trinajstić information content (AvgIpc) is 2.43. The van der Waals surface area contributed by atoms with Crippen molar-refractivity contribution in [3.8, 4) is 0 Å². The van der Waals surface area contributed by atoms with E-state index < -0.39 is 11.7 Å². The normalized spacial score (nSPS) is 10.2. The molecule has 0 aliphatic rings. The third kappa shape index (κ3) is 3.77. The Morgan fingerprint density at radius 3 is 2.63 bits per heavy atom. The number of rotatable bonds is 4. The molecule has 0 aromatic heterocycles. The summed E-state index contributed by atoms with van der Waals surface area (Å²) in [5, 5.41) is -0.0262. The Bertz CT molecular complexity index is 575. The molecule has 19 heavy (non-hydrogen) atoms. The molecule has 0 unspecified atom stereocenters. The molecule has 0 saturated heterocycles. The first-order valence-corrected chi connectivity index (χ1v) is 5.96. The average molecular weight is 280 g/mol. The molecule has 2 aromatic rings. The van der Waals surface area contributed by atoms with Gasteiger partial charge < -0.3 is 0 Å². The molecule has 1 N–H and O–H groups in total. The number of halogens is 2. The minimum atomic E-state index is -0.641. The number of hydroxylamine groups is 1. The predicted molar refractivity (Wildman–Crippen MR) is 70.1 cm³/mol. The largest absolute Gasteiger partial charge is 0.274 e. The van der Waals surface area contributed by atoms with Gasteiger partial charge in [0.25, 0.3) is 5.91 Å². The Labute approximate surface area is 114 Å². The van der Waals surface area contributed by atoms with Crippen LogP contribution in [-0.4, -0.2) is 5.91 Å². The highest BCUT2D eigenvalue weighted by molar-refractivity contribution is 6.30. The summed E-state index contributed by atoms with van der Waals surface area (Å²) in [5.74, 6) is -1.16. The van der Waals surface area contributed by atoms with E-state index >= 15 is 0 Å². The van der Waals surface area contributed by atoms with Crippen LogP contribution in [-0.2, 0) is 11.4 Å². The molecule has 0 saturated carbocycles. The van der Waals surface area contributed by atoms with Gasteiger partial charge in [-0.1, -0.05) is 41.9 Å². The Kier molecular flexibility index (Phi) is 4.49. The Balaban J connectivity index is 1.89. The van der Waals surface area contributed by atoms with E-state index in [1.165, 1.54) is 12.1 Å². The van der Waals surface area contributed by atoms with E-state index in [0.29, 0.717) is 0 Å². The Morgan fingerprint density at radius 2 is 1.95 bits per heavy atom. The Hall–Kier alpha value is -1.91. The van der Waals surface area contributed by atoms with Gasteiger partial charge in [-0.25, -0.2) is 9.87 Å². The summed E-state index contributed by atoms with van der Waals surface area (Å²) in [5.41, 5.74) is 3.31. The second-order valence-corrected chi connectivity index (χ2v) is 4.24. The zero-order valence-corrected chi connectivity index (χ0v) is 10.7. The molecule has 1 amide bonds. The second kappa shape index (κ2) is 6.31. The summed E-state index contributed by atoms with van der Waals surface area (Å²) in [6.45, 7) is 0.239. The summed E-state index contributed by atoms with van der Waals surface area (Å²) in [6, 6.07) is 13.2. The highest BCUT2D eigenvalue weighted by Gasteiger charge is 2.08. The molecule has 0 atom stereocenters. The van der Waals surface area contributed by atoms with Gasteiger partial charge in [0.15, 0.2) is 0 Å². The van der Waals surface area contributed by atoms with Crippen LogP contribution in [0.25, 0.3) is 0 Å². The van der Waals surface area contributed by atoms with Crippen LogP contribution in [0.1, 0.15) is 15.9 Å². The molecule has 0 aliphatic heterocycles. The first-order chi connectivity index (χ1) is 9.16. The predicted octanol–water partition coefficient (Wildman–Crippen LogP) is 3.34. The van der Waals surface area contributed by atoms with Crippen molar-refractivity contribution in [3.63, 3.8) is 0 Å². The molecule has 0 fully saturated rings. The van der Waals surface area contributed by atoms with E-state index in [9.17, 15) is 9.18 Å². The lowest BCUT2D eigenvalue weighted by atomic mass is 10.2. The first kappa shape index (κ1) is 13.5. The van der Waals surface area contributed by atoms with Crippen molar-refractivity contribution in [1.29, 1.82) is 0 Å². The van der Waals surface area contributed by atoms with Crippen molar-refractivity contribution in [2.75, 3.05) is 0 Å². The fourth-order valence-corrected chi connectivity index (χ4v) is 1.57. The third-order valence-electron chi connectivity index (χ3n) is 2.43. The van der Waals surface area contributed by atoms with Crippen LogP contribution in [0.2, 0.25) is 5.02 Å². The summed E-state index contributed by atoms with van der Waals surface area (Å²) >= 11 is 5.53. The number of amides is 1. The Morgan fingerprint density at radius 1 is 1.21 bits per heavy atom. The number of hydrogen-bond donors (Lipinski definition) is 1. The summed E-state index contributed by atoms with van der Waals surface area (Å²) in [4.78, 5) is 16.7. The van der Waals surface area contributed by atoms with Crippen LogP contribution in [0.3, 0.4) is 0 Å². The van der Waals surface area contributed by atoms with E-state index in [1.54, 1.807) is 0 Å². The standard InChI is InChI=1S/C14H11ClFNO2/c15-12-7-6-11(8-13(12)16)14(18)17-19-9-10-4-2-1-3-5-10/h1-8H,9H2,(H,17,18). The fourth-order valence-electron chi connectivity index (χ4n) is 1.46. The SMILES string of the molecule is O=C(NOCc1ccccc1)c1ccc(Cl)c(F)c1. The number of carbonyl (C=O) groups is 1. The molecule has 0 bridgehead atoms. The van der Waals surface area contributed by atoms with Crippen LogP contribution < -0.4 is 5.48 Å². The van der Waals surface area contributed by atoms with Crippen LogP contribution in [0, 0.1) is 5.82 Å². The molecule has 5 heteroatoms. The molecule has 2 rings (SSSR count). The van der Waals surface area contributed by atoms with Crippen LogP contribution in [0.4, 0.5) is 4.39 Å². The minimum Gasteiger partial charge on any atom is -0.269 e. The molecule has 3 nitrogen and oxygen atoms in total. The monoisotopic (exact) mass is 279 g/mol. The molecule has 0 heterocycles. The van der Waals surface area contributed by atoms with E-state index in [4.69, 9.17) is 16.4 Å². The van der Waals surface area contributed by atoms with Gasteiger partial charge in [0.05, 0.1) is 11.6 Å². The lowest BCUT2D eigenvalue weighted by molar-refractivity contribution is 0.0233. The minimum absolute atomic E-state index is 0.0262. The van der Waals surface area contributed by atoms with Gasteiger partial charge >= 0.3 is 0 Å². The van der Waals surface area contributed by atoms with Gasteiger partial charge in [0, 0.05) is 5.56 Å². The summed E-state index contributed by atoms with van der Waals surface area (Å²) in [6.07, 6.45) is 0. The van der Waals surface area contributed by atoms with E-state index in [-0.39, 0.29) is 17.2 Å². The van der Waals surface area contributed by atoms with Gasteiger partial charge in [0.2, 0.25) is 0 Å². The smallest absolute Gasteiger partial charge is 0.269 e. The highest BCUT2D eigenvalue weighted by atomic mass is 35.5. The van der Waals surface area contributed by atoms with Crippen molar-refractivity contribution in [2.24, 2.45) is 0 Å². The number of nitrogens with one attached hydrogen (secondary N) is 1. The number of carbonyl (C=O) groups excluding carboxylic acids is 1. The fraction of sp³-hybridized carbons (Fsp3) is 0.0714. The van der Waals surface area contributed by atoms with Gasteiger partial charge in [-0.15, -0.1) is 0 Å². The molecular weight excluding hydrogens is 269 g/mol.